The number of hydrogen-bond acceptors (Lipinski definition) is 1. The van der Waals surface area contributed by atoms with E-state index in [1.54, 1.807) is 6.07 Å². The van der Waals surface area contributed by atoms with Gasteiger partial charge in [0.15, 0.2) is 0 Å². The van der Waals surface area contributed by atoms with Crippen LogP contribution in [0.3, 0.4) is 0 Å². The predicted molar refractivity (Wildman–Crippen MR) is 79.1 cm³/mol. The fraction of sp³-hybridized carbons (Fsp3) is 0.647. The van der Waals surface area contributed by atoms with Crippen molar-refractivity contribution < 1.29 is 4.39 Å². The molecule has 4 rings (SSSR count). The first-order valence-corrected chi connectivity index (χ1v) is 8.18. The maximum Gasteiger partial charge on any atom is 0.145 e. The summed E-state index contributed by atoms with van der Waals surface area (Å²) < 4.78 is 14.1. The molecule has 1 aromatic rings. The highest BCUT2D eigenvalue weighted by Crippen LogP contribution is 2.62. The lowest BCUT2D eigenvalue weighted by atomic mass is 9.69. The summed E-state index contributed by atoms with van der Waals surface area (Å²) in [6.07, 6.45) is 7.09. The quantitative estimate of drug-likeness (QED) is 0.870. The molecule has 20 heavy (non-hydrogen) atoms. The Morgan fingerprint density at radius 1 is 1.30 bits per heavy atom. The van der Waals surface area contributed by atoms with E-state index in [0.717, 1.165) is 24.2 Å². The Kier molecular flexibility index (Phi) is 2.91. The first-order valence-electron chi connectivity index (χ1n) is 7.80. The molecule has 3 aliphatic carbocycles. The zero-order valence-corrected chi connectivity index (χ0v) is 12.4. The maximum absolute atomic E-state index is 14.1. The van der Waals surface area contributed by atoms with Gasteiger partial charge in [0.1, 0.15) is 5.82 Å². The number of hydrogen-bond donors (Lipinski definition) is 1. The van der Waals surface area contributed by atoms with Crippen LogP contribution in [0, 0.1) is 29.5 Å². The van der Waals surface area contributed by atoms with Gasteiger partial charge in [-0.15, -0.1) is 0 Å². The molecule has 5 atom stereocenters. The summed E-state index contributed by atoms with van der Waals surface area (Å²) in [5.41, 5.74) is 7.23. The lowest BCUT2D eigenvalue weighted by molar-refractivity contribution is 0.155. The average Bonchev–Trinajstić information content (AvgIpc) is 3.05. The summed E-state index contributed by atoms with van der Waals surface area (Å²) in [5, 5.41) is 0.216. The van der Waals surface area contributed by atoms with Crippen LogP contribution >= 0.6 is 11.6 Å². The first-order chi connectivity index (χ1) is 9.58. The van der Waals surface area contributed by atoms with Crippen LogP contribution in [0.25, 0.3) is 0 Å². The number of fused-ring (bicyclic) bond motifs is 5. The highest BCUT2D eigenvalue weighted by Gasteiger charge is 2.59. The van der Waals surface area contributed by atoms with Gasteiger partial charge in [-0.2, -0.15) is 0 Å². The largest absolute Gasteiger partial charge is 0.325 e. The van der Waals surface area contributed by atoms with Gasteiger partial charge in [-0.25, -0.2) is 4.39 Å². The summed E-state index contributed by atoms with van der Waals surface area (Å²) >= 11 is 5.90. The van der Waals surface area contributed by atoms with Gasteiger partial charge in [0, 0.05) is 5.54 Å². The van der Waals surface area contributed by atoms with E-state index in [4.69, 9.17) is 17.3 Å². The van der Waals surface area contributed by atoms with E-state index in [1.165, 1.54) is 25.7 Å². The van der Waals surface area contributed by atoms with Crippen LogP contribution < -0.4 is 5.73 Å². The van der Waals surface area contributed by atoms with Gasteiger partial charge < -0.3 is 5.73 Å². The SMILES string of the molecule is NC1(Cc2cccc(Cl)c2F)CC2CC1C1CCCC21. The maximum atomic E-state index is 14.1. The third-order valence-electron chi connectivity index (χ3n) is 6.24. The van der Waals surface area contributed by atoms with Crippen molar-refractivity contribution in [2.45, 2.75) is 44.1 Å². The molecule has 3 saturated carbocycles. The molecule has 0 aromatic heterocycles. The number of nitrogens with two attached hydrogens (primary N) is 1. The van der Waals surface area contributed by atoms with Crippen LogP contribution in [0.15, 0.2) is 18.2 Å². The topological polar surface area (TPSA) is 26.0 Å². The van der Waals surface area contributed by atoms with E-state index in [-0.39, 0.29) is 16.4 Å². The third kappa shape index (κ3) is 1.77. The zero-order valence-electron chi connectivity index (χ0n) is 11.6. The average molecular weight is 294 g/mol. The summed E-state index contributed by atoms with van der Waals surface area (Å²) in [6, 6.07) is 5.28. The smallest absolute Gasteiger partial charge is 0.145 e. The van der Waals surface area contributed by atoms with E-state index in [9.17, 15) is 4.39 Å². The van der Waals surface area contributed by atoms with E-state index in [2.05, 4.69) is 0 Å². The molecular formula is C17H21ClFN. The Morgan fingerprint density at radius 2 is 2.10 bits per heavy atom. The van der Waals surface area contributed by atoms with Gasteiger partial charge in [-0.3, -0.25) is 0 Å². The molecule has 0 radical (unpaired) electrons. The fourth-order valence-electron chi connectivity index (χ4n) is 5.56. The minimum atomic E-state index is -0.273. The minimum Gasteiger partial charge on any atom is -0.325 e. The van der Waals surface area contributed by atoms with Gasteiger partial charge in [-0.1, -0.05) is 30.2 Å². The van der Waals surface area contributed by atoms with Gasteiger partial charge >= 0.3 is 0 Å². The molecule has 1 nitrogen and oxygen atoms in total. The molecule has 108 valence electrons. The lowest BCUT2D eigenvalue weighted by Crippen LogP contribution is -2.51. The third-order valence-corrected chi connectivity index (χ3v) is 6.53. The minimum absolute atomic E-state index is 0.207. The first kappa shape index (κ1) is 13.1. The molecule has 3 fully saturated rings. The van der Waals surface area contributed by atoms with Crippen LogP contribution in [0.2, 0.25) is 5.02 Å². The van der Waals surface area contributed by atoms with Crippen molar-refractivity contribution in [2.24, 2.45) is 29.4 Å². The second-order valence-electron chi connectivity index (χ2n) is 7.19. The van der Waals surface area contributed by atoms with Crippen molar-refractivity contribution >= 4 is 11.6 Å². The van der Waals surface area contributed by atoms with Crippen LogP contribution in [0.4, 0.5) is 4.39 Å². The molecular weight excluding hydrogens is 273 g/mol. The standard InChI is InChI=1S/C17H21ClFN/c18-15-6-1-3-10(16(15)19)8-17(20)9-11-7-14(17)13-5-2-4-12(11)13/h1,3,6,11-14H,2,4-5,7-9,20H2. The molecule has 0 heterocycles. The highest BCUT2D eigenvalue weighted by atomic mass is 35.5. The monoisotopic (exact) mass is 293 g/mol. The molecule has 0 amide bonds. The van der Waals surface area contributed by atoms with E-state index in [0.29, 0.717) is 17.9 Å². The summed E-state index contributed by atoms with van der Waals surface area (Å²) in [4.78, 5) is 0. The van der Waals surface area contributed by atoms with Gasteiger partial charge in [0.05, 0.1) is 5.02 Å². The van der Waals surface area contributed by atoms with E-state index >= 15 is 0 Å². The Labute approximate surface area is 124 Å². The van der Waals surface area contributed by atoms with Crippen molar-refractivity contribution in [2.75, 3.05) is 0 Å². The number of benzene rings is 1. The van der Waals surface area contributed by atoms with Crippen molar-refractivity contribution in [3.05, 3.63) is 34.6 Å². The molecule has 2 N–H and O–H groups in total. The molecule has 0 spiro atoms. The van der Waals surface area contributed by atoms with Crippen molar-refractivity contribution in [1.29, 1.82) is 0 Å². The Morgan fingerprint density at radius 3 is 2.95 bits per heavy atom. The summed E-state index contributed by atoms with van der Waals surface area (Å²) in [6.45, 7) is 0. The summed E-state index contributed by atoms with van der Waals surface area (Å²) in [7, 11) is 0. The molecule has 3 heteroatoms. The molecule has 0 aliphatic heterocycles. The Balaban J connectivity index is 1.61. The highest BCUT2D eigenvalue weighted by molar-refractivity contribution is 6.30. The van der Waals surface area contributed by atoms with Gasteiger partial charge in [0.2, 0.25) is 0 Å². The molecule has 0 saturated heterocycles. The molecule has 3 aliphatic rings. The second kappa shape index (κ2) is 4.45. The normalized spacial score (nSPS) is 42.1. The van der Waals surface area contributed by atoms with Crippen molar-refractivity contribution in [1.82, 2.24) is 0 Å². The van der Waals surface area contributed by atoms with Gasteiger partial charge in [0.25, 0.3) is 0 Å². The Bertz CT molecular complexity index is 546. The molecule has 5 unspecified atom stereocenters. The van der Waals surface area contributed by atoms with Crippen LogP contribution in [0.1, 0.15) is 37.7 Å². The van der Waals surface area contributed by atoms with Crippen LogP contribution in [-0.4, -0.2) is 5.54 Å². The Hall–Kier alpha value is -0.600. The van der Waals surface area contributed by atoms with Gasteiger partial charge in [-0.05, 0) is 67.4 Å². The number of halogens is 2. The lowest BCUT2D eigenvalue weighted by Gasteiger charge is -2.40. The van der Waals surface area contributed by atoms with E-state index in [1.807, 2.05) is 12.1 Å². The van der Waals surface area contributed by atoms with Crippen LogP contribution in [0.5, 0.6) is 0 Å². The zero-order chi connectivity index (χ0) is 13.9. The van der Waals surface area contributed by atoms with E-state index < -0.39 is 0 Å². The van der Waals surface area contributed by atoms with Crippen LogP contribution in [-0.2, 0) is 6.42 Å². The predicted octanol–water partition coefficient (Wildman–Crippen LogP) is 4.18. The second-order valence-corrected chi connectivity index (χ2v) is 7.60. The molecule has 1 aromatic carbocycles. The molecule has 2 bridgehead atoms. The van der Waals surface area contributed by atoms with Crippen molar-refractivity contribution in [3.8, 4) is 0 Å². The number of rotatable bonds is 2. The summed E-state index contributed by atoms with van der Waals surface area (Å²) in [5.74, 6) is 2.84. The van der Waals surface area contributed by atoms with Crippen molar-refractivity contribution in [3.63, 3.8) is 0 Å². The fourth-order valence-corrected chi connectivity index (χ4v) is 5.75.